The number of hydrogen-bond donors (Lipinski definition) is 0. The van der Waals surface area contributed by atoms with Gasteiger partial charge in [-0.1, -0.05) is 42.2 Å². The first kappa shape index (κ1) is 23.1. The van der Waals surface area contributed by atoms with Gasteiger partial charge in [-0.25, -0.2) is 0 Å². The van der Waals surface area contributed by atoms with E-state index in [-0.39, 0.29) is 23.9 Å². The summed E-state index contributed by atoms with van der Waals surface area (Å²) in [7, 11) is 0. The predicted molar refractivity (Wildman–Crippen MR) is 133 cm³/mol. The van der Waals surface area contributed by atoms with Gasteiger partial charge in [-0.05, 0) is 47.5 Å². The van der Waals surface area contributed by atoms with Crippen LogP contribution in [0, 0.1) is 20.2 Å². The molecule has 0 N–H and O–H groups in total. The molecule has 0 aliphatic carbocycles. The molecule has 1 aliphatic rings. The van der Waals surface area contributed by atoms with E-state index in [0.717, 1.165) is 22.9 Å². The number of hydrogen-bond acceptors (Lipinski definition) is 8. The Balaban J connectivity index is 1.43. The van der Waals surface area contributed by atoms with Crippen molar-refractivity contribution in [3.05, 3.63) is 109 Å². The molecule has 1 amide bonds. The van der Waals surface area contributed by atoms with E-state index in [9.17, 15) is 25.0 Å². The quantitative estimate of drug-likeness (QED) is 0.184. The van der Waals surface area contributed by atoms with Crippen LogP contribution in [0.5, 0.6) is 5.75 Å². The van der Waals surface area contributed by atoms with Crippen LogP contribution in [0.25, 0.3) is 6.08 Å². The van der Waals surface area contributed by atoms with E-state index in [4.69, 9.17) is 17.0 Å². The molecule has 34 heavy (non-hydrogen) atoms. The van der Waals surface area contributed by atoms with Crippen LogP contribution in [0.2, 0.25) is 0 Å². The lowest BCUT2D eigenvalue weighted by atomic mass is 10.2. The molecule has 0 bridgehead atoms. The average molecular weight is 494 g/mol. The van der Waals surface area contributed by atoms with E-state index < -0.39 is 9.85 Å². The number of rotatable bonds is 7. The molecule has 0 spiro atoms. The number of ether oxygens (including phenoxy) is 1. The zero-order valence-electron chi connectivity index (χ0n) is 17.3. The van der Waals surface area contributed by atoms with Crippen LogP contribution in [-0.4, -0.2) is 20.1 Å². The Labute approximate surface area is 202 Å². The highest BCUT2D eigenvalue weighted by atomic mass is 32.2. The smallest absolute Gasteiger partial charge is 0.271 e. The van der Waals surface area contributed by atoms with Gasteiger partial charge in [0, 0.05) is 24.3 Å². The lowest BCUT2D eigenvalue weighted by molar-refractivity contribution is -0.385. The number of carbonyl (C=O) groups excluding carboxylic acids is 1. The summed E-state index contributed by atoms with van der Waals surface area (Å²) < 4.78 is 6.01. The van der Waals surface area contributed by atoms with Crippen molar-refractivity contribution in [2.24, 2.45) is 0 Å². The Hall–Kier alpha value is -4.09. The van der Waals surface area contributed by atoms with E-state index in [0.29, 0.717) is 20.7 Å². The summed E-state index contributed by atoms with van der Waals surface area (Å²) in [6.07, 6.45) is 1.69. The molecular weight excluding hydrogens is 478 g/mol. The second-order valence-corrected chi connectivity index (χ2v) is 8.75. The lowest BCUT2D eigenvalue weighted by Gasteiger charge is -2.13. The molecule has 0 saturated carbocycles. The Morgan fingerprint density at radius 2 is 1.62 bits per heavy atom. The Morgan fingerprint density at radius 3 is 2.26 bits per heavy atom. The van der Waals surface area contributed by atoms with Crippen molar-refractivity contribution >= 4 is 57.3 Å². The van der Waals surface area contributed by atoms with E-state index >= 15 is 0 Å². The van der Waals surface area contributed by atoms with Crippen LogP contribution >= 0.6 is 24.0 Å². The van der Waals surface area contributed by atoms with Crippen molar-refractivity contribution in [3.8, 4) is 5.75 Å². The van der Waals surface area contributed by atoms with E-state index in [1.165, 1.54) is 35.2 Å². The van der Waals surface area contributed by atoms with E-state index in [1.54, 1.807) is 48.5 Å². The van der Waals surface area contributed by atoms with Gasteiger partial charge in [-0.15, -0.1) is 0 Å². The van der Waals surface area contributed by atoms with Crippen molar-refractivity contribution in [1.82, 2.24) is 0 Å². The number of thiocarbonyl (C=S) groups is 1. The fourth-order valence-corrected chi connectivity index (χ4v) is 4.43. The fourth-order valence-electron chi connectivity index (χ4n) is 3.13. The molecule has 0 unspecified atom stereocenters. The summed E-state index contributed by atoms with van der Waals surface area (Å²) in [5.74, 6) is 0.244. The second kappa shape index (κ2) is 9.81. The maximum Gasteiger partial charge on any atom is 0.271 e. The number of amides is 1. The average Bonchev–Trinajstić information content (AvgIpc) is 3.11. The van der Waals surface area contributed by atoms with Crippen molar-refractivity contribution < 1.29 is 19.4 Å². The first-order valence-corrected chi connectivity index (χ1v) is 11.0. The molecule has 0 aromatic heterocycles. The molecule has 1 heterocycles. The summed E-state index contributed by atoms with van der Waals surface area (Å²) in [6, 6.07) is 18.9. The lowest BCUT2D eigenvalue weighted by Crippen LogP contribution is -2.27. The second-order valence-electron chi connectivity index (χ2n) is 7.08. The highest BCUT2D eigenvalue weighted by Gasteiger charge is 2.33. The minimum Gasteiger partial charge on any atom is -0.489 e. The first-order chi connectivity index (χ1) is 16.3. The summed E-state index contributed by atoms with van der Waals surface area (Å²) >= 11 is 6.45. The summed E-state index contributed by atoms with van der Waals surface area (Å²) in [6.45, 7) is 0.249. The molecule has 4 rings (SSSR count). The van der Waals surface area contributed by atoms with Crippen LogP contribution in [0.1, 0.15) is 11.1 Å². The molecule has 1 aliphatic heterocycles. The zero-order valence-corrected chi connectivity index (χ0v) is 19.0. The van der Waals surface area contributed by atoms with E-state index in [2.05, 4.69) is 0 Å². The number of nitro benzene ring substituents is 2. The summed E-state index contributed by atoms with van der Waals surface area (Å²) in [4.78, 5) is 35.4. The third-order valence-corrected chi connectivity index (χ3v) is 6.13. The Bertz CT molecular complexity index is 1320. The molecule has 1 saturated heterocycles. The van der Waals surface area contributed by atoms with Crippen LogP contribution in [0.3, 0.4) is 0 Å². The molecule has 0 radical (unpaired) electrons. The zero-order chi connectivity index (χ0) is 24.2. The van der Waals surface area contributed by atoms with E-state index in [1.807, 2.05) is 0 Å². The number of benzene rings is 3. The van der Waals surface area contributed by atoms with Gasteiger partial charge in [0.2, 0.25) is 0 Å². The first-order valence-electron chi connectivity index (χ1n) is 9.80. The molecule has 9 nitrogen and oxygen atoms in total. The number of anilines is 1. The SMILES string of the molecule is O=C1/C(=C/c2ccc(OCc3ccc([N+](=O)[O-])cc3)cc2)SC(=S)N1c1cccc([N+](=O)[O-])c1. The van der Waals surface area contributed by atoms with Crippen LogP contribution in [-0.2, 0) is 11.4 Å². The highest BCUT2D eigenvalue weighted by Crippen LogP contribution is 2.37. The van der Waals surface area contributed by atoms with Gasteiger partial charge in [0.25, 0.3) is 17.3 Å². The molecule has 0 atom stereocenters. The monoisotopic (exact) mass is 493 g/mol. The fraction of sp³-hybridized carbons (Fsp3) is 0.0435. The van der Waals surface area contributed by atoms with Crippen molar-refractivity contribution in [2.45, 2.75) is 6.61 Å². The standard InChI is InChI=1S/C23H15N3O6S2/c27-22-21(34-23(33)24(22)18-2-1-3-19(13-18)26(30)31)12-15-6-10-20(11-7-15)32-14-16-4-8-17(9-5-16)25(28)29/h1-13H,14H2/b21-12-. The number of nitro groups is 2. The Kier molecular flexibility index (Phi) is 6.66. The molecule has 11 heteroatoms. The van der Waals surface area contributed by atoms with Crippen molar-refractivity contribution in [2.75, 3.05) is 4.90 Å². The number of thioether (sulfide) groups is 1. The summed E-state index contributed by atoms with van der Waals surface area (Å²) in [5.41, 5.74) is 1.78. The molecule has 1 fully saturated rings. The third kappa shape index (κ3) is 5.11. The molecule has 170 valence electrons. The summed E-state index contributed by atoms with van der Waals surface area (Å²) in [5, 5.41) is 21.8. The van der Waals surface area contributed by atoms with Crippen molar-refractivity contribution in [1.29, 1.82) is 0 Å². The van der Waals surface area contributed by atoms with Crippen LogP contribution < -0.4 is 9.64 Å². The minimum atomic E-state index is -0.526. The highest BCUT2D eigenvalue weighted by molar-refractivity contribution is 8.27. The molecule has 3 aromatic rings. The van der Waals surface area contributed by atoms with Crippen molar-refractivity contribution in [3.63, 3.8) is 0 Å². The van der Waals surface area contributed by atoms with Gasteiger partial charge in [-0.2, -0.15) is 0 Å². The molecular formula is C23H15N3O6S2. The topological polar surface area (TPSA) is 116 Å². The van der Waals surface area contributed by atoms with Gasteiger partial charge in [0.1, 0.15) is 12.4 Å². The maximum atomic E-state index is 12.9. The van der Waals surface area contributed by atoms with Gasteiger partial charge in [0.15, 0.2) is 4.32 Å². The third-order valence-electron chi connectivity index (χ3n) is 4.82. The Morgan fingerprint density at radius 1 is 0.941 bits per heavy atom. The number of carbonyl (C=O) groups is 1. The maximum absolute atomic E-state index is 12.9. The normalized spacial score (nSPS) is 14.5. The number of nitrogens with zero attached hydrogens (tertiary/aromatic N) is 3. The largest absolute Gasteiger partial charge is 0.489 e. The van der Waals surface area contributed by atoms with Gasteiger partial charge >= 0.3 is 0 Å². The number of non-ortho nitro benzene ring substituents is 2. The molecule has 3 aromatic carbocycles. The van der Waals surface area contributed by atoms with Crippen LogP contribution in [0.15, 0.2) is 77.7 Å². The van der Waals surface area contributed by atoms with Crippen LogP contribution in [0.4, 0.5) is 17.1 Å². The van der Waals surface area contributed by atoms with Gasteiger partial charge < -0.3 is 4.74 Å². The van der Waals surface area contributed by atoms with Gasteiger partial charge in [0.05, 0.1) is 20.4 Å². The minimum absolute atomic E-state index is 0.0176. The van der Waals surface area contributed by atoms with Gasteiger partial charge in [-0.3, -0.25) is 29.9 Å². The predicted octanol–water partition coefficient (Wildman–Crippen LogP) is 5.49.